The van der Waals surface area contributed by atoms with Crippen molar-refractivity contribution in [2.75, 3.05) is 6.61 Å². The summed E-state index contributed by atoms with van der Waals surface area (Å²) >= 11 is 5.77. The highest BCUT2D eigenvalue weighted by molar-refractivity contribution is 6.30. The monoisotopic (exact) mass is 212 g/mol. The Kier molecular flexibility index (Phi) is 4.47. The van der Waals surface area contributed by atoms with E-state index in [1.54, 1.807) is 12.1 Å². The number of ether oxygens (including phenoxy) is 1. The number of carbonyl (C=O) groups excluding carboxylic acids is 1. The van der Waals surface area contributed by atoms with Gasteiger partial charge in [-0.15, -0.1) is 0 Å². The van der Waals surface area contributed by atoms with Crippen LogP contribution in [0, 0.1) is 0 Å². The van der Waals surface area contributed by atoms with Crippen LogP contribution in [0.4, 0.5) is 0 Å². The average Bonchev–Trinajstić information content (AvgIpc) is 2.17. The van der Waals surface area contributed by atoms with Gasteiger partial charge in [0, 0.05) is 17.9 Å². The third-order valence-corrected chi connectivity index (χ3v) is 2.08. The molecular formula is C11H13ClO2. The van der Waals surface area contributed by atoms with E-state index in [1.165, 1.54) is 0 Å². The van der Waals surface area contributed by atoms with Crippen molar-refractivity contribution in [3.63, 3.8) is 0 Å². The summed E-state index contributed by atoms with van der Waals surface area (Å²) < 4.78 is 5.35. The van der Waals surface area contributed by atoms with Crippen molar-refractivity contribution in [3.8, 4) is 5.75 Å². The quantitative estimate of drug-likeness (QED) is 0.750. The van der Waals surface area contributed by atoms with Gasteiger partial charge in [-0.05, 0) is 18.2 Å². The van der Waals surface area contributed by atoms with Gasteiger partial charge in [0.2, 0.25) is 0 Å². The minimum atomic E-state index is 0.215. The summed E-state index contributed by atoms with van der Waals surface area (Å²) in [6.07, 6.45) is 1.03. The summed E-state index contributed by atoms with van der Waals surface area (Å²) in [6.45, 7) is 2.27. The van der Waals surface area contributed by atoms with Gasteiger partial charge in [-0.25, -0.2) is 0 Å². The standard InChI is InChI=1S/C11H13ClO2/c1-2-10(13)6-7-14-11-5-3-4-9(12)8-11/h3-5,8H,2,6-7H2,1H3. The van der Waals surface area contributed by atoms with E-state index in [0.717, 1.165) is 0 Å². The second-order valence-electron chi connectivity index (χ2n) is 2.95. The van der Waals surface area contributed by atoms with E-state index in [2.05, 4.69) is 0 Å². The lowest BCUT2D eigenvalue weighted by Crippen LogP contribution is -2.04. The molecule has 3 heteroatoms. The van der Waals surface area contributed by atoms with Crippen LogP contribution in [0.25, 0.3) is 0 Å². The second kappa shape index (κ2) is 5.66. The molecule has 0 spiro atoms. The average molecular weight is 213 g/mol. The molecule has 0 aliphatic heterocycles. The summed E-state index contributed by atoms with van der Waals surface area (Å²) in [4.78, 5) is 11.0. The summed E-state index contributed by atoms with van der Waals surface area (Å²) in [5.41, 5.74) is 0. The first-order valence-electron chi connectivity index (χ1n) is 4.62. The van der Waals surface area contributed by atoms with E-state index in [9.17, 15) is 4.79 Å². The molecule has 0 heterocycles. The summed E-state index contributed by atoms with van der Waals surface area (Å²) in [7, 11) is 0. The van der Waals surface area contributed by atoms with Crippen LogP contribution in [0.3, 0.4) is 0 Å². The van der Waals surface area contributed by atoms with Gasteiger partial charge in [-0.3, -0.25) is 4.79 Å². The first kappa shape index (κ1) is 11.1. The van der Waals surface area contributed by atoms with E-state index >= 15 is 0 Å². The number of halogens is 1. The maximum Gasteiger partial charge on any atom is 0.136 e. The van der Waals surface area contributed by atoms with Crippen molar-refractivity contribution in [3.05, 3.63) is 29.3 Å². The maximum absolute atomic E-state index is 11.0. The molecule has 1 rings (SSSR count). The fraction of sp³-hybridized carbons (Fsp3) is 0.364. The van der Waals surface area contributed by atoms with Gasteiger partial charge < -0.3 is 4.74 Å². The molecule has 76 valence electrons. The lowest BCUT2D eigenvalue weighted by atomic mass is 10.2. The Balaban J connectivity index is 2.35. The third kappa shape index (κ3) is 3.79. The molecule has 1 aromatic carbocycles. The number of carbonyl (C=O) groups is 1. The Bertz CT molecular complexity index is 310. The molecule has 0 amide bonds. The van der Waals surface area contributed by atoms with E-state index < -0.39 is 0 Å². The first-order valence-corrected chi connectivity index (χ1v) is 5.00. The Morgan fingerprint density at radius 2 is 2.29 bits per heavy atom. The smallest absolute Gasteiger partial charge is 0.136 e. The Morgan fingerprint density at radius 1 is 1.50 bits per heavy atom. The summed E-state index contributed by atoms with van der Waals surface area (Å²) in [5, 5.41) is 0.643. The number of hydrogen-bond donors (Lipinski definition) is 0. The van der Waals surface area contributed by atoms with Crippen LogP contribution in [0.1, 0.15) is 19.8 Å². The van der Waals surface area contributed by atoms with Crippen LogP contribution in [0.2, 0.25) is 5.02 Å². The van der Waals surface area contributed by atoms with Gasteiger partial charge in [0.1, 0.15) is 11.5 Å². The maximum atomic E-state index is 11.0. The van der Waals surface area contributed by atoms with Crippen LogP contribution in [-0.2, 0) is 4.79 Å². The highest BCUT2D eigenvalue weighted by Crippen LogP contribution is 2.17. The predicted octanol–water partition coefficient (Wildman–Crippen LogP) is 3.09. The Morgan fingerprint density at radius 3 is 2.93 bits per heavy atom. The van der Waals surface area contributed by atoms with Crippen LogP contribution in [0.15, 0.2) is 24.3 Å². The van der Waals surface area contributed by atoms with Gasteiger partial charge in [0.15, 0.2) is 0 Å². The molecule has 0 saturated carbocycles. The molecule has 0 fully saturated rings. The molecule has 0 aliphatic rings. The zero-order chi connectivity index (χ0) is 10.4. The molecule has 2 nitrogen and oxygen atoms in total. The lowest BCUT2D eigenvalue weighted by molar-refractivity contribution is -0.119. The minimum absolute atomic E-state index is 0.215. The first-order chi connectivity index (χ1) is 6.72. The van der Waals surface area contributed by atoms with Crippen molar-refractivity contribution in [1.29, 1.82) is 0 Å². The molecule has 0 atom stereocenters. The minimum Gasteiger partial charge on any atom is -0.493 e. The van der Waals surface area contributed by atoms with Crippen LogP contribution >= 0.6 is 11.6 Å². The summed E-state index contributed by atoms with van der Waals surface area (Å²) in [6, 6.07) is 7.16. The third-order valence-electron chi connectivity index (χ3n) is 1.84. The van der Waals surface area contributed by atoms with Crippen molar-refractivity contribution < 1.29 is 9.53 Å². The SMILES string of the molecule is CCC(=O)CCOc1cccc(Cl)c1. The number of benzene rings is 1. The van der Waals surface area contributed by atoms with E-state index in [0.29, 0.717) is 30.2 Å². The Hall–Kier alpha value is -1.02. The van der Waals surface area contributed by atoms with Crippen molar-refractivity contribution in [2.24, 2.45) is 0 Å². The van der Waals surface area contributed by atoms with Gasteiger partial charge >= 0.3 is 0 Å². The van der Waals surface area contributed by atoms with E-state index in [-0.39, 0.29) is 5.78 Å². The molecule has 0 aromatic heterocycles. The van der Waals surface area contributed by atoms with Crippen molar-refractivity contribution >= 4 is 17.4 Å². The fourth-order valence-electron chi connectivity index (χ4n) is 1.02. The highest BCUT2D eigenvalue weighted by Gasteiger charge is 1.99. The Labute approximate surface area is 88.8 Å². The summed E-state index contributed by atoms with van der Waals surface area (Å²) in [5.74, 6) is 0.924. The molecule has 0 unspecified atom stereocenters. The zero-order valence-electron chi connectivity index (χ0n) is 8.13. The molecule has 0 bridgehead atoms. The second-order valence-corrected chi connectivity index (χ2v) is 3.38. The molecular weight excluding hydrogens is 200 g/mol. The molecule has 0 saturated heterocycles. The molecule has 0 radical (unpaired) electrons. The number of Topliss-reactive ketones (excluding diaryl/α,β-unsaturated/α-hetero) is 1. The largest absolute Gasteiger partial charge is 0.493 e. The predicted molar refractivity (Wildman–Crippen MR) is 56.9 cm³/mol. The normalized spacial score (nSPS) is 9.86. The fourth-order valence-corrected chi connectivity index (χ4v) is 1.20. The number of hydrogen-bond acceptors (Lipinski definition) is 2. The molecule has 14 heavy (non-hydrogen) atoms. The van der Waals surface area contributed by atoms with Crippen molar-refractivity contribution in [1.82, 2.24) is 0 Å². The van der Waals surface area contributed by atoms with E-state index in [4.69, 9.17) is 16.3 Å². The topological polar surface area (TPSA) is 26.3 Å². The molecule has 0 N–H and O–H groups in total. The van der Waals surface area contributed by atoms with E-state index in [1.807, 2.05) is 19.1 Å². The zero-order valence-corrected chi connectivity index (χ0v) is 8.88. The van der Waals surface area contributed by atoms with Crippen molar-refractivity contribution in [2.45, 2.75) is 19.8 Å². The highest BCUT2D eigenvalue weighted by atomic mass is 35.5. The lowest BCUT2D eigenvalue weighted by Gasteiger charge is -2.04. The van der Waals surface area contributed by atoms with Gasteiger partial charge in [0.05, 0.1) is 6.61 Å². The van der Waals surface area contributed by atoms with Gasteiger partial charge in [0.25, 0.3) is 0 Å². The number of ketones is 1. The molecule has 0 aliphatic carbocycles. The van der Waals surface area contributed by atoms with Crippen LogP contribution in [-0.4, -0.2) is 12.4 Å². The van der Waals surface area contributed by atoms with Gasteiger partial charge in [-0.1, -0.05) is 24.6 Å². The number of rotatable bonds is 5. The van der Waals surface area contributed by atoms with Gasteiger partial charge in [-0.2, -0.15) is 0 Å². The van der Waals surface area contributed by atoms with Crippen LogP contribution < -0.4 is 4.74 Å². The molecule has 1 aromatic rings. The van der Waals surface area contributed by atoms with Crippen LogP contribution in [0.5, 0.6) is 5.75 Å².